The standard InChI is InChI=1S/C19H31N3O2/c1-15(24-5)17(23)21-19(14-16-8-6-7-11-20-16)9-12-22(13-10-19)18(2,3)4/h6-8,11,15H,9-10,12-14H2,1-5H3,(H,21,23). The minimum Gasteiger partial charge on any atom is -0.372 e. The molecule has 2 heterocycles. The van der Waals surface area contributed by atoms with Gasteiger partial charge in [0.25, 0.3) is 0 Å². The van der Waals surface area contributed by atoms with Crippen LogP contribution in [0, 0.1) is 0 Å². The number of nitrogens with one attached hydrogen (secondary N) is 1. The molecule has 1 saturated heterocycles. The highest BCUT2D eigenvalue weighted by atomic mass is 16.5. The Hall–Kier alpha value is -1.46. The van der Waals surface area contributed by atoms with Crippen molar-refractivity contribution < 1.29 is 9.53 Å². The molecule has 2 rings (SSSR count). The number of hydrogen-bond donors (Lipinski definition) is 1. The molecular weight excluding hydrogens is 302 g/mol. The molecule has 1 aliphatic heterocycles. The molecule has 0 bridgehead atoms. The molecule has 1 N–H and O–H groups in total. The van der Waals surface area contributed by atoms with Crippen molar-refractivity contribution in [2.45, 2.75) is 64.1 Å². The van der Waals surface area contributed by atoms with Gasteiger partial charge < -0.3 is 10.1 Å². The number of piperidine rings is 1. The molecule has 1 amide bonds. The summed E-state index contributed by atoms with van der Waals surface area (Å²) in [6.07, 6.45) is 3.97. The van der Waals surface area contributed by atoms with Crippen LogP contribution < -0.4 is 5.32 Å². The van der Waals surface area contributed by atoms with E-state index in [0.29, 0.717) is 0 Å². The lowest BCUT2D eigenvalue weighted by Crippen LogP contribution is -2.60. The molecule has 5 nitrogen and oxygen atoms in total. The van der Waals surface area contributed by atoms with E-state index in [0.717, 1.165) is 38.0 Å². The molecule has 0 saturated carbocycles. The molecule has 1 unspecified atom stereocenters. The summed E-state index contributed by atoms with van der Waals surface area (Å²) in [6, 6.07) is 5.95. The van der Waals surface area contributed by atoms with Crippen LogP contribution in [0.25, 0.3) is 0 Å². The molecule has 1 aromatic rings. The van der Waals surface area contributed by atoms with Gasteiger partial charge in [0.2, 0.25) is 5.91 Å². The fraction of sp³-hybridized carbons (Fsp3) is 0.684. The second-order valence-corrected chi connectivity index (χ2v) is 7.80. The lowest BCUT2D eigenvalue weighted by molar-refractivity contribution is -0.133. The monoisotopic (exact) mass is 333 g/mol. The van der Waals surface area contributed by atoms with Crippen LogP contribution in [0.15, 0.2) is 24.4 Å². The van der Waals surface area contributed by atoms with Crippen LogP contribution in [-0.2, 0) is 16.0 Å². The van der Waals surface area contributed by atoms with Crippen molar-refractivity contribution in [3.63, 3.8) is 0 Å². The SMILES string of the molecule is COC(C)C(=O)NC1(Cc2ccccn2)CCN(C(C)(C)C)CC1. The Bertz CT molecular complexity index is 531. The number of carbonyl (C=O) groups excluding carboxylic acids is 1. The van der Waals surface area contributed by atoms with E-state index >= 15 is 0 Å². The molecule has 24 heavy (non-hydrogen) atoms. The molecule has 1 aromatic heterocycles. The summed E-state index contributed by atoms with van der Waals surface area (Å²) < 4.78 is 5.19. The highest BCUT2D eigenvalue weighted by molar-refractivity contribution is 5.81. The predicted molar refractivity (Wildman–Crippen MR) is 95.8 cm³/mol. The van der Waals surface area contributed by atoms with Crippen molar-refractivity contribution >= 4 is 5.91 Å². The molecular formula is C19H31N3O2. The van der Waals surface area contributed by atoms with Crippen LogP contribution in [0.1, 0.15) is 46.2 Å². The van der Waals surface area contributed by atoms with E-state index < -0.39 is 6.10 Å². The van der Waals surface area contributed by atoms with Gasteiger partial charge in [0.1, 0.15) is 6.10 Å². The maximum Gasteiger partial charge on any atom is 0.249 e. The van der Waals surface area contributed by atoms with Crippen LogP contribution in [0.2, 0.25) is 0 Å². The van der Waals surface area contributed by atoms with Gasteiger partial charge >= 0.3 is 0 Å². The van der Waals surface area contributed by atoms with Crippen LogP contribution in [-0.4, -0.2) is 53.2 Å². The first-order valence-corrected chi connectivity index (χ1v) is 8.75. The van der Waals surface area contributed by atoms with Gasteiger partial charge in [0.15, 0.2) is 0 Å². The Labute approximate surface area is 145 Å². The summed E-state index contributed by atoms with van der Waals surface area (Å²) in [4.78, 5) is 19.4. The number of amides is 1. The molecule has 0 radical (unpaired) electrons. The summed E-state index contributed by atoms with van der Waals surface area (Å²) in [5.74, 6) is -0.0439. The Balaban J connectivity index is 2.15. The third kappa shape index (κ3) is 4.77. The van der Waals surface area contributed by atoms with E-state index in [1.165, 1.54) is 0 Å². The van der Waals surface area contributed by atoms with E-state index in [-0.39, 0.29) is 17.0 Å². The van der Waals surface area contributed by atoms with Gasteiger partial charge in [0, 0.05) is 49.6 Å². The van der Waals surface area contributed by atoms with Gasteiger partial charge in [0.05, 0.1) is 0 Å². The lowest BCUT2D eigenvalue weighted by Gasteiger charge is -2.47. The van der Waals surface area contributed by atoms with Gasteiger partial charge in [-0.25, -0.2) is 0 Å². The minimum absolute atomic E-state index is 0.0439. The van der Waals surface area contributed by atoms with Gasteiger partial charge in [-0.05, 0) is 52.7 Å². The zero-order valence-corrected chi connectivity index (χ0v) is 15.6. The minimum atomic E-state index is -0.439. The topological polar surface area (TPSA) is 54.5 Å². The van der Waals surface area contributed by atoms with E-state index in [2.05, 4.69) is 36.0 Å². The van der Waals surface area contributed by atoms with Crippen molar-refractivity contribution in [3.8, 4) is 0 Å². The summed E-state index contributed by atoms with van der Waals surface area (Å²) in [7, 11) is 1.57. The fourth-order valence-corrected chi connectivity index (χ4v) is 3.27. The molecule has 134 valence electrons. The molecule has 0 aromatic carbocycles. The average molecular weight is 333 g/mol. The lowest BCUT2D eigenvalue weighted by atomic mass is 9.81. The summed E-state index contributed by atoms with van der Waals surface area (Å²) in [5.41, 5.74) is 0.924. The van der Waals surface area contributed by atoms with Crippen molar-refractivity contribution in [2.75, 3.05) is 20.2 Å². The first-order chi connectivity index (χ1) is 11.3. The number of hydrogen-bond acceptors (Lipinski definition) is 4. The molecule has 1 aliphatic rings. The van der Waals surface area contributed by atoms with E-state index in [1.807, 2.05) is 24.4 Å². The third-order valence-electron chi connectivity index (χ3n) is 5.03. The average Bonchev–Trinajstić information content (AvgIpc) is 2.54. The normalized spacial score (nSPS) is 19.7. The molecule has 0 aliphatic carbocycles. The number of pyridine rings is 1. The molecule has 0 spiro atoms. The zero-order valence-electron chi connectivity index (χ0n) is 15.6. The molecule has 1 atom stereocenters. The zero-order chi connectivity index (χ0) is 17.8. The van der Waals surface area contributed by atoms with Crippen molar-refractivity contribution in [1.29, 1.82) is 0 Å². The van der Waals surface area contributed by atoms with Crippen molar-refractivity contribution in [1.82, 2.24) is 15.2 Å². The Morgan fingerprint density at radius 1 is 1.38 bits per heavy atom. The maximum absolute atomic E-state index is 12.4. The van der Waals surface area contributed by atoms with Crippen LogP contribution in [0.5, 0.6) is 0 Å². The third-order valence-corrected chi connectivity index (χ3v) is 5.03. The van der Waals surface area contributed by atoms with Gasteiger partial charge in [-0.1, -0.05) is 6.07 Å². The maximum atomic E-state index is 12.4. The number of carbonyl (C=O) groups is 1. The quantitative estimate of drug-likeness (QED) is 0.899. The summed E-state index contributed by atoms with van der Waals surface area (Å²) in [6.45, 7) is 10.4. The Morgan fingerprint density at radius 3 is 2.54 bits per heavy atom. The number of rotatable bonds is 5. The number of nitrogens with zero attached hydrogens (tertiary/aromatic N) is 2. The predicted octanol–water partition coefficient (Wildman–Crippen LogP) is 2.41. The summed E-state index contributed by atoms with van der Waals surface area (Å²) in [5, 5.41) is 3.27. The first kappa shape index (κ1) is 18.9. The van der Waals surface area contributed by atoms with Crippen molar-refractivity contribution in [2.24, 2.45) is 0 Å². The highest BCUT2D eigenvalue weighted by Crippen LogP contribution is 2.30. The van der Waals surface area contributed by atoms with E-state index in [1.54, 1.807) is 14.0 Å². The molecule has 1 fully saturated rings. The number of aromatic nitrogens is 1. The highest BCUT2D eigenvalue weighted by Gasteiger charge is 2.39. The molecule has 5 heteroatoms. The Morgan fingerprint density at radius 2 is 2.04 bits per heavy atom. The number of likely N-dealkylation sites (tertiary alicyclic amines) is 1. The Kier molecular flexibility index (Phi) is 5.99. The van der Waals surface area contributed by atoms with E-state index in [4.69, 9.17) is 4.74 Å². The van der Waals surface area contributed by atoms with Gasteiger partial charge in [-0.15, -0.1) is 0 Å². The second-order valence-electron chi connectivity index (χ2n) is 7.80. The largest absolute Gasteiger partial charge is 0.372 e. The van der Waals surface area contributed by atoms with Gasteiger partial charge in [-0.3, -0.25) is 14.7 Å². The van der Waals surface area contributed by atoms with Crippen LogP contribution in [0.4, 0.5) is 0 Å². The summed E-state index contributed by atoms with van der Waals surface area (Å²) >= 11 is 0. The second kappa shape index (κ2) is 7.62. The number of methoxy groups -OCH3 is 1. The fourth-order valence-electron chi connectivity index (χ4n) is 3.27. The number of ether oxygens (including phenoxy) is 1. The van der Waals surface area contributed by atoms with Crippen LogP contribution in [0.3, 0.4) is 0 Å². The smallest absolute Gasteiger partial charge is 0.249 e. The van der Waals surface area contributed by atoms with E-state index in [9.17, 15) is 4.79 Å². The van der Waals surface area contributed by atoms with Gasteiger partial charge in [-0.2, -0.15) is 0 Å². The van der Waals surface area contributed by atoms with Crippen molar-refractivity contribution in [3.05, 3.63) is 30.1 Å². The first-order valence-electron chi connectivity index (χ1n) is 8.75. The van der Waals surface area contributed by atoms with Crippen LogP contribution >= 0.6 is 0 Å².